The Morgan fingerprint density at radius 3 is 2.67 bits per heavy atom. The summed E-state index contributed by atoms with van der Waals surface area (Å²) in [5.41, 5.74) is -0.441. The van der Waals surface area contributed by atoms with Crippen molar-refractivity contribution in [3.8, 4) is 5.75 Å². The summed E-state index contributed by atoms with van der Waals surface area (Å²) in [5, 5.41) is 0. The monoisotopic (exact) mass is 288 g/mol. The first kappa shape index (κ1) is 14.1. The Morgan fingerprint density at radius 1 is 1.33 bits per heavy atom. The molecule has 3 rings (SSSR count). The van der Waals surface area contributed by atoms with E-state index in [9.17, 15) is 9.59 Å². The smallest absolute Gasteiger partial charge is 0.329 e. The lowest BCUT2D eigenvalue weighted by atomic mass is 9.38. The predicted octanol–water partition coefficient (Wildman–Crippen LogP) is 2.91. The third-order valence-corrected chi connectivity index (χ3v) is 5.38. The van der Waals surface area contributed by atoms with Crippen molar-refractivity contribution in [2.45, 2.75) is 33.6 Å². The molecule has 1 aliphatic heterocycles. The minimum atomic E-state index is -1.20. The van der Waals surface area contributed by atoms with Gasteiger partial charge in [-0.25, -0.2) is 0 Å². The molecule has 1 aliphatic carbocycles. The fourth-order valence-electron chi connectivity index (χ4n) is 4.14. The van der Waals surface area contributed by atoms with Gasteiger partial charge in [0.15, 0.2) is 5.41 Å². The van der Waals surface area contributed by atoms with E-state index in [1.54, 1.807) is 13.0 Å². The first-order chi connectivity index (χ1) is 9.88. The molecule has 1 fully saturated rings. The Morgan fingerprint density at radius 2 is 2.00 bits per heavy atom. The molecule has 1 aromatic carbocycles. The third kappa shape index (κ3) is 1.50. The van der Waals surface area contributed by atoms with Gasteiger partial charge in [-0.2, -0.15) is 0 Å². The number of carbonyl (C=O) groups excluding carboxylic acids is 2. The van der Waals surface area contributed by atoms with Gasteiger partial charge in [0.2, 0.25) is 0 Å². The van der Waals surface area contributed by atoms with Crippen LogP contribution in [0.15, 0.2) is 24.3 Å². The molecule has 3 atom stereocenters. The molecule has 0 bridgehead atoms. The summed E-state index contributed by atoms with van der Waals surface area (Å²) < 4.78 is 10.7. The molecule has 1 heterocycles. The van der Waals surface area contributed by atoms with Gasteiger partial charge in [0.25, 0.3) is 0 Å². The van der Waals surface area contributed by atoms with Gasteiger partial charge in [0, 0.05) is 11.5 Å². The van der Waals surface area contributed by atoms with Gasteiger partial charge in [-0.15, -0.1) is 0 Å². The van der Waals surface area contributed by atoms with Gasteiger partial charge in [-0.05, 0) is 24.3 Å². The van der Waals surface area contributed by atoms with Crippen molar-refractivity contribution < 1.29 is 19.1 Å². The molecule has 2 aliphatic rings. The zero-order valence-corrected chi connectivity index (χ0v) is 12.8. The van der Waals surface area contributed by atoms with Crippen molar-refractivity contribution in [2.75, 3.05) is 6.61 Å². The van der Waals surface area contributed by atoms with Crippen LogP contribution in [0, 0.1) is 16.7 Å². The predicted molar refractivity (Wildman–Crippen MR) is 76.8 cm³/mol. The first-order valence-corrected chi connectivity index (χ1v) is 7.36. The molecule has 0 radical (unpaired) electrons. The summed E-state index contributed by atoms with van der Waals surface area (Å²) in [6.45, 7) is 8.13. The Labute approximate surface area is 124 Å². The molecule has 0 N–H and O–H groups in total. The fourth-order valence-corrected chi connectivity index (χ4v) is 4.14. The molecule has 0 saturated heterocycles. The minimum absolute atomic E-state index is 0.130. The second-order valence-corrected chi connectivity index (χ2v) is 6.49. The number of rotatable bonds is 2. The van der Waals surface area contributed by atoms with Gasteiger partial charge in [0.05, 0.1) is 6.61 Å². The van der Waals surface area contributed by atoms with E-state index in [0.29, 0.717) is 5.75 Å². The van der Waals surface area contributed by atoms with Crippen molar-refractivity contribution in [3.63, 3.8) is 0 Å². The highest BCUT2D eigenvalue weighted by Gasteiger charge is 2.76. The summed E-state index contributed by atoms with van der Waals surface area (Å²) in [5.74, 6) is -0.698. The van der Waals surface area contributed by atoms with E-state index in [1.165, 1.54) is 0 Å². The van der Waals surface area contributed by atoms with Crippen LogP contribution in [0.2, 0.25) is 0 Å². The fraction of sp³-hybridized carbons (Fsp3) is 0.529. The SMILES string of the molecule is CCOC(=O)C12C(=O)Oc3ccccc3C1C(C)(C)C2C. The first-order valence-electron chi connectivity index (χ1n) is 7.36. The van der Waals surface area contributed by atoms with E-state index in [0.717, 1.165) is 5.56 Å². The number of hydrogen-bond donors (Lipinski definition) is 0. The highest BCUT2D eigenvalue weighted by Crippen LogP contribution is 2.71. The molecular formula is C17H20O4. The lowest BCUT2D eigenvalue weighted by Crippen LogP contribution is -2.69. The van der Waals surface area contributed by atoms with Crippen LogP contribution in [0.1, 0.15) is 39.2 Å². The molecule has 3 unspecified atom stereocenters. The normalized spacial score (nSPS) is 32.3. The molecular weight excluding hydrogens is 268 g/mol. The number of benzene rings is 1. The largest absolute Gasteiger partial charge is 0.465 e. The van der Waals surface area contributed by atoms with Gasteiger partial charge in [0.1, 0.15) is 5.75 Å². The number of carbonyl (C=O) groups is 2. The van der Waals surface area contributed by atoms with E-state index >= 15 is 0 Å². The molecule has 1 aromatic rings. The average molecular weight is 288 g/mol. The standard InChI is InChI=1S/C17H20O4/c1-5-20-14(18)17-10(2)16(3,4)13(17)11-8-6-7-9-12(11)21-15(17)19/h6-10,13H,5H2,1-4H3. The van der Waals surface area contributed by atoms with Gasteiger partial charge in [-0.1, -0.05) is 39.0 Å². The summed E-state index contributed by atoms with van der Waals surface area (Å²) in [7, 11) is 0. The summed E-state index contributed by atoms with van der Waals surface area (Å²) in [6.07, 6.45) is 0. The zero-order valence-electron chi connectivity index (χ0n) is 12.8. The Balaban J connectivity index is 2.19. The van der Waals surface area contributed by atoms with Crippen molar-refractivity contribution in [1.82, 2.24) is 0 Å². The highest BCUT2D eigenvalue weighted by molar-refractivity contribution is 6.05. The van der Waals surface area contributed by atoms with E-state index in [-0.39, 0.29) is 23.9 Å². The van der Waals surface area contributed by atoms with E-state index < -0.39 is 17.4 Å². The van der Waals surface area contributed by atoms with Gasteiger partial charge in [-0.3, -0.25) is 9.59 Å². The number of ether oxygens (including phenoxy) is 2. The van der Waals surface area contributed by atoms with Crippen LogP contribution < -0.4 is 4.74 Å². The van der Waals surface area contributed by atoms with Crippen LogP contribution in [-0.4, -0.2) is 18.5 Å². The van der Waals surface area contributed by atoms with E-state index in [4.69, 9.17) is 9.47 Å². The molecule has 112 valence electrons. The molecule has 4 nitrogen and oxygen atoms in total. The van der Waals surface area contributed by atoms with Crippen molar-refractivity contribution in [2.24, 2.45) is 16.7 Å². The summed E-state index contributed by atoms with van der Waals surface area (Å²) in [4.78, 5) is 25.2. The lowest BCUT2D eigenvalue weighted by Gasteiger charge is -2.63. The maximum absolute atomic E-state index is 12.6. The third-order valence-electron chi connectivity index (χ3n) is 5.38. The molecule has 0 amide bonds. The molecule has 4 heteroatoms. The minimum Gasteiger partial charge on any atom is -0.465 e. The summed E-state index contributed by atoms with van der Waals surface area (Å²) in [6, 6.07) is 7.46. The van der Waals surface area contributed by atoms with Gasteiger partial charge < -0.3 is 9.47 Å². The number of hydrogen-bond acceptors (Lipinski definition) is 4. The molecule has 0 aromatic heterocycles. The second kappa shape index (κ2) is 4.33. The second-order valence-electron chi connectivity index (χ2n) is 6.49. The Bertz CT molecular complexity index is 619. The van der Waals surface area contributed by atoms with Crippen LogP contribution in [0.3, 0.4) is 0 Å². The Kier molecular flexibility index (Phi) is 2.91. The lowest BCUT2D eigenvalue weighted by molar-refractivity contribution is -0.208. The summed E-state index contributed by atoms with van der Waals surface area (Å²) >= 11 is 0. The molecule has 21 heavy (non-hydrogen) atoms. The van der Waals surface area contributed by atoms with Crippen LogP contribution in [0.5, 0.6) is 5.75 Å². The molecule has 1 saturated carbocycles. The number of esters is 2. The van der Waals surface area contributed by atoms with E-state index in [1.807, 2.05) is 25.1 Å². The zero-order chi connectivity index (χ0) is 15.4. The Hall–Kier alpha value is -1.84. The topological polar surface area (TPSA) is 52.6 Å². The number of fused-ring (bicyclic) bond motifs is 3. The van der Waals surface area contributed by atoms with Crippen LogP contribution >= 0.6 is 0 Å². The van der Waals surface area contributed by atoms with E-state index in [2.05, 4.69) is 13.8 Å². The van der Waals surface area contributed by atoms with Gasteiger partial charge >= 0.3 is 11.9 Å². The van der Waals surface area contributed by atoms with Crippen LogP contribution in [-0.2, 0) is 14.3 Å². The quantitative estimate of drug-likeness (QED) is 0.477. The maximum atomic E-state index is 12.6. The highest BCUT2D eigenvalue weighted by atomic mass is 16.6. The number of para-hydroxylation sites is 1. The van der Waals surface area contributed by atoms with Crippen molar-refractivity contribution >= 4 is 11.9 Å². The van der Waals surface area contributed by atoms with Crippen LogP contribution in [0.25, 0.3) is 0 Å². The van der Waals surface area contributed by atoms with Crippen molar-refractivity contribution in [1.29, 1.82) is 0 Å². The van der Waals surface area contributed by atoms with Crippen LogP contribution in [0.4, 0.5) is 0 Å². The molecule has 0 spiro atoms. The maximum Gasteiger partial charge on any atom is 0.329 e. The van der Waals surface area contributed by atoms with Crippen molar-refractivity contribution in [3.05, 3.63) is 29.8 Å². The average Bonchev–Trinajstić information content (AvgIpc) is 2.45.